The lowest BCUT2D eigenvalue weighted by molar-refractivity contribution is -0.115. The number of halogens is 1. The molecule has 0 bridgehead atoms. The van der Waals surface area contributed by atoms with Crippen molar-refractivity contribution in [1.29, 1.82) is 0 Å². The van der Waals surface area contributed by atoms with E-state index < -0.39 is 0 Å². The van der Waals surface area contributed by atoms with Gasteiger partial charge in [-0.25, -0.2) is 4.98 Å². The van der Waals surface area contributed by atoms with E-state index >= 15 is 0 Å². The zero-order chi connectivity index (χ0) is 13.9. The molecule has 0 saturated heterocycles. The molecule has 1 aromatic carbocycles. The van der Waals surface area contributed by atoms with Crippen LogP contribution in [0.25, 0.3) is 10.9 Å². The van der Waals surface area contributed by atoms with Gasteiger partial charge in [0.25, 0.3) is 0 Å². The minimum Gasteiger partial charge on any atom is -0.361 e. The lowest BCUT2D eigenvalue weighted by atomic mass is 10.1. The maximum Gasteiger partial charge on any atom is 0.230 e. The van der Waals surface area contributed by atoms with Crippen molar-refractivity contribution in [3.05, 3.63) is 59.4 Å². The van der Waals surface area contributed by atoms with E-state index in [2.05, 4.69) is 15.3 Å². The van der Waals surface area contributed by atoms with Gasteiger partial charge in [0.05, 0.1) is 6.42 Å². The van der Waals surface area contributed by atoms with Crippen LogP contribution < -0.4 is 5.32 Å². The highest BCUT2D eigenvalue weighted by Crippen LogP contribution is 2.22. The van der Waals surface area contributed by atoms with Gasteiger partial charge in [-0.15, -0.1) is 0 Å². The first-order valence-electron chi connectivity index (χ1n) is 6.19. The number of amides is 1. The highest BCUT2D eigenvalue weighted by atomic mass is 35.5. The van der Waals surface area contributed by atoms with E-state index in [1.807, 2.05) is 30.5 Å². The summed E-state index contributed by atoms with van der Waals surface area (Å²) in [6.45, 7) is 0. The van der Waals surface area contributed by atoms with E-state index in [4.69, 9.17) is 11.6 Å². The average Bonchev–Trinajstić information content (AvgIpc) is 2.82. The van der Waals surface area contributed by atoms with E-state index in [1.54, 1.807) is 18.3 Å². The monoisotopic (exact) mass is 285 g/mol. The van der Waals surface area contributed by atoms with Gasteiger partial charge >= 0.3 is 0 Å². The van der Waals surface area contributed by atoms with Crippen LogP contribution in [0.3, 0.4) is 0 Å². The second-order valence-corrected chi connectivity index (χ2v) is 4.88. The lowest BCUT2D eigenvalue weighted by Crippen LogP contribution is -2.14. The molecule has 100 valence electrons. The summed E-state index contributed by atoms with van der Waals surface area (Å²) in [5, 5.41) is 4.38. The summed E-state index contributed by atoms with van der Waals surface area (Å²) < 4.78 is 0. The largest absolute Gasteiger partial charge is 0.361 e. The van der Waals surface area contributed by atoms with Crippen LogP contribution in [0.1, 0.15) is 5.56 Å². The van der Waals surface area contributed by atoms with Crippen molar-refractivity contribution in [3.63, 3.8) is 0 Å². The molecule has 0 radical (unpaired) electrons. The summed E-state index contributed by atoms with van der Waals surface area (Å²) in [5.41, 5.74) is 1.88. The number of H-pyrrole nitrogens is 1. The molecule has 0 spiro atoms. The molecule has 2 aromatic heterocycles. The van der Waals surface area contributed by atoms with Gasteiger partial charge in [0.15, 0.2) is 0 Å². The van der Waals surface area contributed by atoms with E-state index in [-0.39, 0.29) is 12.3 Å². The third-order valence-corrected chi connectivity index (χ3v) is 3.25. The number of pyridine rings is 1. The van der Waals surface area contributed by atoms with Crippen molar-refractivity contribution < 1.29 is 4.79 Å². The van der Waals surface area contributed by atoms with Crippen molar-refractivity contribution >= 4 is 34.2 Å². The lowest BCUT2D eigenvalue weighted by Gasteiger charge is -2.03. The summed E-state index contributed by atoms with van der Waals surface area (Å²) in [6, 6.07) is 11.0. The molecule has 5 heteroatoms. The number of hydrogen-bond acceptors (Lipinski definition) is 2. The van der Waals surface area contributed by atoms with Gasteiger partial charge in [-0.2, -0.15) is 0 Å². The number of nitrogens with zero attached hydrogens (tertiary/aromatic N) is 1. The number of hydrogen-bond donors (Lipinski definition) is 2. The van der Waals surface area contributed by atoms with Crippen LogP contribution in [0, 0.1) is 0 Å². The number of carbonyl (C=O) groups excluding carboxylic acids is 1. The first kappa shape index (κ1) is 12.7. The molecule has 2 heterocycles. The van der Waals surface area contributed by atoms with Crippen LogP contribution in [-0.4, -0.2) is 15.9 Å². The zero-order valence-corrected chi connectivity index (χ0v) is 11.3. The molecular weight excluding hydrogens is 274 g/mol. The summed E-state index contributed by atoms with van der Waals surface area (Å²) in [6.07, 6.45) is 3.75. The molecule has 0 fully saturated rings. The van der Waals surface area contributed by atoms with Gasteiger partial charge in [-0.05, 0) is 35.9 Å². The Labute approximate surface area is 120 Å². The molecule has 3 rings (SSSR count). The molecule has 0 saturated carbocycles. The van der Waals surface area contributed by atoms with Gasteiger partial charge in [-0.3, -0.25) is 4.79 Å². The first-order valence-corrected chi connectivity index (χ1v) is 6.56. The van der Waals surface area contributed by atoms with Crippen molar-refractivity contribution in [1.82, 2.24) is 9.97 Å². The van der Waals surface area contributed by atoms with Gasteiger partial charge in [0, 0.05) is 28.3 Å². The van der Waals surface area contributed by atoms with Crippen LogP contribution >= 0.6 is 11.6 Å². The van der Waals surface area contributed by atoms with Crippen LogP contribution in [0.2, 0.25) is 5.02 Å². The van der Waals surface area contributed by atoms with E-state index in [1.165, 1.54) is 0 Å². The Hall–Kier alpha value is -2.33. The normalized spacial score (nSPS) is 10.7. The molecule has 0 unspecified atom stereocenters. The number of nitrogens with one attached hydrogen (secondary N) is 2. The fourth-order valence-electron chi connectivity index (χ4n) is 2.09. The minimum atomic E-state index is -0.107. The number of benzene rings is 1. The average molecular weight is 286 g/mol. The minimum absolute atomic E-state index is 0.107. The summed E-state index contributed by atoms with van der Waals surface area (Å²) in [7, 11) is 0. The fraction of sp³-hybridized carbons (Fsp3) is 0.0667. The van der Waals surface area contributed by atoms with Crippen molar-refractivity contribution in [2.45, 2.75) is 6.42 Å². The Morgan fingerprint density at radius 3 is 3.00 bits per heavy atom. The maximum atomic E-state index is 12.0. The SMILES string of the molecule is O=C(Cc1c[nH]c2ccc(Cl)cc12)Nc1ccccn1. The molecule has 20 heavy (non-hydrogen) atoms. The summed E-state index contributed by atoms with van der Waals surface area (Å²) in [5.74, 6) is 0.444. The molecular formula is C15H12ClN3O. The molecule has 2 N–H and O–H groups in total. The standard InChI is InChI=1S/C15H12ClN3O/c16-11-4-5-13-12(8-11)10(9-18-13)7-15(20)19-14-3-1-2-6-17-14/h1-6,8-9,18H,7H2,(H,17,19,20). The van der Waals surface area contributed by atoms with Crippen molar-refractivity contribution in [2.75, 3.05) is 5.32 Å². The topological polar surface area (TPSA) is 57.8 Å². The number of rotatable bonds is 3. The maximum absolute atomic E-state index is 12.0. The molecule has 0 aliphatic heterocycles. The molecule has 3 aromatic rings. The van der Waals surface area contributed by atoms with E-state index in [0.29, 0.717) is 10.8 Å². The van der Waals surface area contributed by atoms with Crippen LogP contribution in [0.15, 0.2) is 48.8 Å². The third-order valence-electron chi connectivity index (χ3n) is 3.01. The number of carbonyl (C=O) groups is 1. The molecule has 4 nitrogen and oxygen atoms in total. The van der Waals surface area contributed by atoms with Gasteiger partial charge < -0.3 is 10.3 Å². The van der Waals surface area contributed by atoms with Crippen LogP contribution in [0.5, 0.6) is 0 Å². The summed E-state index contributed by atoms with van der Waals surface area (Å²) >= 11 is 5.99. The molecule has 0 aliphatic carbocycles. The number of anilines is 1. The number of fused-ring (bicyclic) bond motifs is 1. The van der Waals surface area contributed by atoms with E-state index in [0.717, 1.165) is 16.5 Å². The van der Waals surface area contributed by atoms with Crippen LogP contribution in [-0.2, 0) is 11.2 Å². The highest BCUT2D eigenvalue weighted by molar-refractivity contribution is 6.31. The summed E-state index contributed by atoms with van der Waals surface area (Å²) in [4.78, 5) is 19.2. The Morgan fingerprint density at radius 2 is 2.20 bits per heavy atom. The zero-order valence-electron chi connectivity index (χ0n) is 10.6. The Bertz CT molecular complexity index is 752. The number of aromatic amines is 1. The first-order chi connectivity index (χ1) is 9.72. The second kappa shape index (κ2) is 5.35. The molecule has 0 aliphatic rings. The van der Waals surface area contributed by atoms with E-state index in [9.17, 15) is 4.79 Å². The predicted octanol–water partition coefficient (Wildman–Crippen LogP) is 3.40. The van der Waals surface area contributed by atoms with Crippen molar-refractivity contribution in [2.24, 2.45) is 0 Å². The smallest absolute Gasteiger partial charge is 0.230 e. The van der Waals surface area contributed by atoms with Gasteiger partial charge in [0.2, 0.25) is 5.91 Å². The van der Waals surface area contributed by atoms with Gasteiger partial charge in [0.1, 0.15) is 5.82 Å². The second-order valence-electron chi connectivity index (χ2n) is 4.44. The quantitative estimate of drug-likeness (QED) is 0.775. The predicted molar refractivity (Wildman–Crippen MR) is 79.9 cm³/mol. The third kappa shape index (κ3) is 2.65. The number of aromatic nitrogens is 2. The highest BCUT2D eigenvalue weighted by Gasteiger charge is 2.09. The Morgan fingerprint density at radius 1 is 1.30 bits per heavy atom. The van der Waals surface area contributed by atoms with Crippen LogP contribution in [0.4, 0.5) is 5.82 Å². The Kier molecular flexibility index (Phi) is 3.39. The van der Waals surface area contributed by atoms with Crippen molar-refractivity contribution in [3.8, 4) is 0 Å². The molecule has 0 atom stereocenters. The molecule has 1 amide bonds. The van der Waals surface area contributed by atoms with Gasteiger partial charge in [-0.1, -0.05) is 17.7 Å². The Balaban J connectivity index is 1.79. The fourth-order valence-corrected chi connectivity index (χ4v) is 2.27.